The van der Waals surface area contributed by atoms with Crippen molar-refractivity contribution >= 4 is 54.9 Å². The molecule has 2 aromatic rings. The molecule has 0 saturated heterocycles. The molecule has 0 aromatic heterocycles. The molecule has 0 fully saturated rings. The molecular formula is C15H10BrCl2NO3S. The van der Waals surface area contributed by atoms with Gasteiger partial charge in [0.1, 0.15) is 4.49 Å². The van der Waals surface area contributed by atoms with Crippen molar-refractivity contribution in [1.82, 2.24) is 5.32 Å². The molecule has 0 aliphatic heterocycles. The van der Waals surface area contributed by atoms with E-state index in [2.05, 4.69) is 21.2 Å². The largest absolute Gasteiger partial charge is 0.310 e. The minimum absolute atomic E-state index is 0.0390. The van der Waals surface area contributed by atoms with Crippen LogP contribution >= 0.6 is 39.1 Å². The standard InChI is InChI=1S/C15H10BrCl2NO3S/c16-11-6-8-12(9-7-11)23(21,22)15(13(17)18)19-14(20)10-4-2-1-3-5-10/h1-9H,(H,19,20). The van der Waals surface area contributed by atoms with Gasteiger partial charge in [0.2, 0.25) is 9.84 Å². The Hall–Kier alpha value is -1.34. The molecule has 1 amide bonds. The van der Waals surface area contributed by atoms with Gasteiger partial charge in [-0.1, -0.05) is 57.3 Å². The highest BCUT2D eigenvalue weighted by atomic mass is 79.9. The first-order chi connectivity index (χ1) is 10.8. The van der Waals surface area contributed by atoms with E-state index < -0.39 is 25.3 Å². The molecule has 23 heavy (non-hydrogen) atoms. The van der Waals surface area contributed by atoms with Crippen molar-refractivity contribution < 1.29 is 13.2 Å². The summed E-state index contributed by atoms with van der Waals surface area (Å²) in [7, 11) is -4.06. The van der Waals surface area contributed by atoms with Gasteiger partial charge in [-0.15, -0.1) is 0 Å². The normalized spacial score (nSPS) is 10.9. The van der Waals surface area contributed by atoms with Crippen LogP contribution in [0, 0.1) is 0 Å². The summed E-state index contributed by atoms with van der Waals surface area (Å²) < 4.78 is 25.4. The van der Waals surface area contributed by atoms with Gasteiger partial charge in [-0.25, -0.2) is 8.42 Å². The molecule has 0 unspecified atom stereocenters. The average Bonchev–Trinajstić information content (AvgIpc) is 2.53. The van der Waals surface area contributed by atoms with Crippen LogP contribution in [0.5, 0.6) is 0 Å². The number of rotatable bonds is 4. The van der Waals surface area contributed by atoms with Gasteiger partial charge in [-0.2, -0.15) is 0 Å². The van der Waals surface area contributed by atoms with E-state index in [1.807, 2.05) is 0 Å². The highest BCUT2D eigenvalue weighted by molar-refractivity contribution is 9.10. The van der Waals surface area contributed by atoms with Crippen molar-refractivity contribution in [3.05, 3.63) is 74.2 Å². The van der Waals surface area contributed by atoms with Crippen LogP contribution in [0.2, 0.25) is 0 Å². The summed E-state index contributed by atoms with van der Waals surface area (Å²) in [4.78, 5) is 12.1. The Kier molecular flexibility index (Phi) is 5.86. The fourth-order valence-corrected chi connectivity index (χ4v) is 3.84. The lowest BCUT2D eigenvalue weighted by molar-refractivity contribution is 0.0968. The predicted octanol–water partition coefficient (Wildman–Crippen LogP) is 4.26. The van der Waals surface area contributed by atoms with Gasteiger partial charge >= 0.3 is 0 Å². The molecule has 2 rings (SSSR count). The first-order valence-corrected chi connectivity index (χ1v) is 9.28. The fourth-order valence-electron chi connectivity index (χ4n) is 1.71. The van der Waals surface area contributed by atoms with Crippen LogP contribution in [0.4, 0.5) is 0 Å². The Morgan fingerprint density at radius 1 is 0.957 bits per heavy atom. The number of sulfone groups is 1. The maximum absolute atomic E-state index is 12.6. The average molecular weight is 435 g/mol. The Balaban J connectivity index is 2.38. The van der Waals surface area contributed by atoms with Crippen molar-refractivity contribution in [2.75, 3.05) is 0 Å². The molecule has 120 valence electrons. The molecule has 0 radical (unpaired) electrons. The van der Waals surface area contributed by atoms with Crippen molar-refractivity contribution in [3.8, 4) is 0 Å². The maximum atomic E-state index is 12.6. The van der Waals surface area contributed by atoms with Crippen LogP contribution in [-0.4, -0.2) is 14.3 Å². The van der Waals surface area contributed by atoms with Crippen LogP contribution in [0.1, 0.15) is 10.4 Å². The second-order valence-corrected chi connectivity index (χ2v) is 8.12. The van der Waals surface area contributed by atoms with Gasteiger partial charge in [-0.3, -0.25) is 4.79 Å². The molecule has 2 aromatic carbocycles. The van der Waals surface area contributed by atoms with Crippen LogP contribution in [0.25, 0.3) is 0 Å². The number of halogens is 3. The van der Waals surface area contributed by atoms with Crippen molar-refractivity contribution in [1.29, 1.82) is 0 Å². The van der Waals surface area contributed by atoms with E-state index >= 15 is 0 Å². The quantitative estimate of drug-likeness (QED) is 0.781. The van der Waals surface area contributed by atoms with E-state index in [0.29, 0.717) is 4.47 Å². The lowest BCUT2D eigenvalue weighted by Crippen LogP contribution is -2.28. The second kappa shape index (κ2) is 7.49. The number of hydrogen-bond donors (Lipinski definition) is 1. The van der Waals surface area contributed by atoms with E-state index in [9.17, 15) is 13.2 Å². The summed E-state index contributed by atoms with van der Waals surface area (Å²) in [6.07, 6.45) is 0. The van der Waals surface area contributed by atoms with Gasteiger partial charge in [0, 0.05) is 10.0 Å². The van der Waals surface area contributed by atoms with Crippen LogP contribution in [-0.2, 0) is 9.84 Å². The van der Waals surface area contributed by atoms with Gasteiger partial charge in [0.25, 0.3) is 5.91 Å². The van der Waals surface area contributed by atoms with Crippen LogP contribution in [0.15, 0.2) is 73.5 Å². The zero-order valence-corrected chi connectivity index (χ0v) is 15.4. The van der Waals surface area contributed by atoms with Gasteiger partial charge in [0.15, 0.2) is 5.03 Å². The molecule has 0 aliphatic carbocycles. The number of amides is 1. The van der Waals surface area contributed by atoms with Gasteiger partial charge < -0.3 is 5.32 Å². The minimum Gasteiger partial charge on any atom is -0.310 e. The predicted molar refractivity (Wildman–Crippen MR) is 94.0 cm³/mol. The molecule has 1 N–H and O–H groups in total. The summed E-state index contributed by atoms with van der Waals surface area (Å²) in [5.41, 5.74) is 0.283. The molecule has 4 nitrogen and oxygen atoms in total. The number of carbonyl (C=O) groups is 1. The zero-order chi connectivity index (χ0) is 17.0. The number of benzene rings is 2. The topological polar surface area (TPSA) is 63.2 Å². The summed E-state index contributed by atoms with van der Waals surface area (Å²) in [6, 6.07) is 14.0. The van der Waals surface area contributed by atoms with E-state index in [-0.39, 0.29) is 10.5 Å². The molecule has 0 heterocycles. The van der Waals surface area contributed by atoms with Gasteiger partial charge in [-0.05, 0) is 36.4 Å². The van der Waals surface area contributed by atoms with Crippen molar-refractivity contribution in [3.63, 3.8) is 0 Å². The summed E-state index contributed by atoms with van der Waals surface area (Å²) in [6.45, 7) is 0. The minimum atomic E-state index is -4.06. The van der Waals surface area contributed by atoms with Crippen molar-refractivity contribution in [2.45, 2.75) is 4.90 Å². The first kappa shape index (κ1) is 18.0. The van der Waals surface area contributed by atoms with Crippen molar-refractivity contribution in [2.24, 2.45) is 0 Å². The molecule has 0 saturated carbocycles. The molecular weight excluding hydrogens is 425 g/mol. The number of nitrogens with one attached hydrogen (secondary N) is 1. The Labute approximate surface area is 152 Å². The summed E-state index contributed by atoms with van der Waals surface area (Å²) in [5, 5.41) is 1.70. The third-order valence-corrected chi connectivity index (χ3v) is 5.69. The first-order valence-electron chi connectivity index (χ1n) is 6.24. The van der Waals surface area contributed by atoms with E-state index in [1.165, 1.54) is 12.1 Å². The zero-order valence-electron chi connectivity index (χ0n) is 11.5. The van der Waals surface area contributed by atoms with E-state index in [4.69, 9.17) is 23.2 Å². The molecule has 0 spiro atoms. The van der Waals surface area contributed by atoms with Gasteiger partial charge in [0.05, 0.1) is 4.90 Å². The van der Waals surface area contributed by atoms with E-state index in [1.54, 1.807) is 42.5 Å². The summed E-state index contributed by atoms with van der Waals surface area (Å²) >= 11 is 14.6. The second-order valence-electron chi connectivity index (χ2n) is 4.37. The molecule has 0 atom stereocenters. The maximum Gasteiger partial charge on any atom is 0.256 e. The van der Waals surface area contributed by atoms with Crippen LogP contribution in [0.3, 0.4) is 0 Å². The third kappa shape index (κ3) is 4.35. The van der Waals surface area contributed by atoms with Crippen LogP contribution < -0.4 is 5.32 Å². The highest BCUT2D eigenvalue weighted by Crippen LogP contribution is 2.25. The molecule has 0 aliphatic rings. The third-order valence-electron chi connectivity index (χ3n) is 2.83. The SMILES string of the molecule is O=C(NC(=C(Cl)Cl)S(=O)(=O)c1ccc(Br)cc1)c1ccccc1. The molecule has 8 heteroatoms. The lowest BCUT2D eigenvalue weighted by atomic mass is 10.2. The lowest BCUT2D eigenvalue weighted by Gasteiger charge is -2.11. The van der Waals surface area contributed by atoms with E-state index in [0.717, 1.165) is 0 Å². The number of carbonyl (C=O) groups excluding carboxylic acids is 1. The Morgan fingerprint density at radius 2 is 1.52 bits per heavy atom. The smallest absolute Gasteiger partial charge is 0.256 e. The molecule has 0 bridgehead atoms. The highest BCUT2D eigenvalue weighted by Gasteiger charge is 2.26. The number of hydrogen-bond acceptors (Lipinski definition) is 3. The Bertz CT molecular complexity index is 846. The monoisotopic (exact) mass is 433 g/mol. The Morgan fingerprint density at radius 3 is 2.04 bits per heavy atom. The fraction of sp³-hybridized carbons (Fsp3) is 0. The summed E-state index contributed by atoms with van der Waals surface area (Å²) in [5.74, 6) is -0.625.